The van der Waals surface area contributed by atoms with Gasteiger partial charge in [-0.15, -0.1) is 0 Å². The van der Waals surface area contributed by atoms with Crippen LogP contribution in [0.5, 0.6) is 0 Å². The second-order valence-corrected chi connectivity index (χ2v) is 15.8. The lowest BCUT2D eigenvalue weighted by Crippen LogP contribution is -2.00. The van der Waals surface area contributed by atoms with E-state index in [1.165, 1.54) is 0 Å². The lowest BCUT2D eigenvalue weighted by atomic mass is 10.0. The van der Waals surface area contributed by atoms with Crippen LogP contribution < -0.4 is 0 Å². The molecule has 0 aliphatic heterocycles. The molecular formula is C55H32N6O2. The second-order valence-electron chi connectivity index (χ2n) is 15.8. The number of hydrogen-bond donors (Lipinski definition) is 0. The standard InChI is InChI=1S/C55H32N6O2/c1-2-10-42(11-3-1)61-47-15-7-4-12-43(47)44-32-39(26-27-48(44)61)53-59-51(37-22-18-35-30-40(24-20-33(35)28-37)54-56-45-13-5-8-16-49(45)62-54)58-52(60-53)38-23-19-36-31-41(25-21-34(36)29-38)55-57-46-14-6-9-17-50(46)63-55/h1-32H. The van der Waals surface area contributed by atoms with Crippen LogP contribution in [0.25, 0.3) is 128 Å². The summed E-state index contributed by atoms with van der Waals surface area (Å²) in [6, 6.07) is 66.3. The molecule has 13 aromatic rings. The van der Waals surface area contributed by atoms with Crippen LogP contribution in [0, 0.1) is 0 Å². The zero-order valence-electron chi connectivity index (χ0n) is 33.5. The molecular weight excluding hydrogens is 777 g/mol. The molecule has 0 radical (unpaired) electrons. The Morgan fingerprint density at radius 2 is 0.746 bits per heavy atom. The van der Waals surface area contributed by atoms with Gasteiger partial charge in [-0.2, -0.15) is 0 Å². The predicted molar refractivity (Wildman–Crippen MR) is 251 cm³/mol. The molecule has 8 heteroatoms. The average Bonchev–Trinajstić information content (AvgIpc) is 4.08. The summed E-state index contributed by atoms with van der Waals surface area (Å²) in [6.45, 7) is 0. The molecule has 0 spiro atoms. The minimum absolute atomic E-state index is 0.582. The first-order chi connectivity index (χ1) is 31.1. The van der Waals surface area contributed by atoms with Gasteiger partial charge in [-0.1, -0.05) is 97.1 Å². The Hall–Kier alpha value is -8.75. The van der Waals surface area contributed by atoms with Crippen LogP contribution in [0.1, 0.15) is 0 Å². The molecule has 0 saturated carbocycles. The van der Waals surface area contributed by atoms with Gasteiger partial charge >= 0.3 is 0 Å². The van der Waals surface area contributed by atoms with Crippen LogP contribution in [0.3, 0.4) is 0 Å². The molecule has 4 heterocycles. The van der Waals surface area contributed by atoms with Crippen LogP contribution in [0.2, 0.25) is 0 Å². The smallest absolute Gasteiger partial charge is 0.227 e. The minimum Gasteiger partial charge on any atom is -0.436 e. The van der Waals surface area contributed by atoms with Crippen LogP contribution >= 0.6 is 0 Å². The monoisotopic (exact) mass is 808 g/mol. The van der Waals surface area contributed by atoms with Crippen molar-refractivity contribution in [3.05, 3.63) is 194 Å². The number of nitrogens with zero attached hydrogens (tertiary/aromatic N) is 6. The Kier molecular flexibility index (Phi) is 7.74. The lowest BCUT2D eigenvalue weighted by Gasteiger charge is -2.11. The molecule has 0 unspecified atom stereocenters. The summed E-state index contributed by atoms with van der Waals surface area (Å²) in [7, 11) is 0. The first-order valence-corrected chi connectivity index (χ1v) is 20.8. The molecule has 63 heavy (non-hydrogen) atoms. The number of para-hydroxylation sites is 6. The summed E-state index contributed by atoms with van der Waals surface area (Å²) in [6.07, 6.45) is 0. The normalized spacial score (nSPS) is 11.8. The molecule has 294 valence electrons. The van der Waals surface area contributed by atoms with Gasteiger partial charge in [0.05, 0.1) is 11.0 Å². The Bertz CT molecular complexity index is 3700. The fourth-order valence-electron chi connectivity index (χ4n) is 8.76. The van der Waals surface area contributed by atoms with Crippen molar-refractivity contribution in [2.24, 2.45) is 0 Å². The third kappa shape index (κ3) is 5.96. The Morgan fingerprint density at radius 1 is 0.317 bits per heavy atom. The number of rotatable bonds is 6. The van der Waals surface area contributed by atoms with Gasteiger partial charge in [0.1, 0.15) is 11.0 Å². The Morgan fingerprint density at radius 3 is 1.30 bits per heavy atom. The third-order valence-corrected chi connectivity index (χ3v) is 11.9. The maximum absolute atomic E-state index is 6.10. The minimum atomic E-state index is 0.582. The molecule has 0 aliphatic carbocycles. The molecule has 9 aromatic carbocycles. The van der Waals surface area contributed by atoms with Crippen molar-refractivity contribution in [1.82, 2.24) is 29.5 Å². The third-order valence-electron chi connectivity index (χ3n) is 11.9. The molecule has 0 saturated heterocycles. The van der Waals surface area contributed by atoms with E-state index < -0.39 is 0 Å². The summed E-state index contributed by atoms with van der Waals surface area (Å²) in [5, 5.41) is 6.49. The molecule has 13 rings (SSSR count). The van der Waals surface area contributed by atoms with Crippen LogP contribution in [-0.4, -0.2) is 29.5 Å². The highest BCUT2D eigenvalue weighted by Crippen LogP contribution is 2.37. The van der Waals surface area contributed by atoms with E-state index in [2.05, 4.69) is 132 Å². The van der Waals surface area contributed by atoms with E-state index in [1.54, 1.807) is 0 Å². The fraction of sp³-hybridized carbons (Fsp3) is 0. The van der Waals surface area contributed by atoms with Crippen molar-refractivity contribution in [3.63, 3.8) is 0 Å². The van der Waals surface area contributed by atoms with E-state index in [9.17, 15) is 0 Å². The molecule has 0 aliphatic rings. The molecule has 0 amide bonds. The van der Waals surface area contributed by atoms with Crippen molar-refractivity contribution in [2.45, 2.75) is 0 Å². The van der Waals surface area contributed by atoms with E-state index in [0.29, 0.717) is 29.3 Å². The number of hydrogen-bond acceptors (Lipinski definition) is 7. The molecule has 0 fully saturated rings. The largest absolute Gasteiger partial charge is 0.436 e. The summed E-state index contributed by atoms with van der Waals surface area (Å²) in [5.41, 5.74) is 11.0. The molecule has 8 nitrogen and oxygen atoms in total. The van der Waals surface area contributed by atoms with Crippen molar-refractivity contribution < 1.29 is 8.83 Å². The van der Waals surface area contributed by atoms with Crippen molar-refractivity contribution in [1.29, 1.82) is 0 Å². The molecule has 0 bridgehead atoms. The van der Waals surface area contributed by atoms with Gasteiger partial charge in [0.25, 0.3) is 0 Å². The van der Waals surface area contributed by atoms with Crippen LogP contribution in [-0.2, 0) is 0 Å². The lowest BCUT2D eigenvalue weighted by molar-refractivity contribution is 0.619. The van der Waals surface area contributed by atoms with Crippen molar-refractivity contribution in [2.75, 3.05) is 0 Å². The highest BCUT2D eigenvalue weighted by molar-refractivity contribution is 6.10. The van der Waals surface area contributed by atoms with Gasteiger partial charge < -0.3 is 13.4 Å². The summed E-state index contributed by atoms with van der Waals surface area (Å²) in [4.78, 5) is 25.0. The summed E-state index contributed by atoms with van der Waals surface area (Å²) in [5.74, 6) is 2.94. The van der Waals surface area contributed by atoms with E-state index in [0.717, 1.165) is 99.1 Å². The number of aromatic nitrogens is 6. The zero-order chi connectivity index (χ0) is 41.4. The van der Waals surface area contributed by atoms with E-state index >= 15 is 0 Å². The Labute approximate surface area is 359 Å². The highest BCUT2D eigenvalue weighted by Gasteiger charge is 2.18. The van der Waals surface area contributed by atoms with Crippen LogP contribution in [0.4, 0.5) is 0 Å². The van der Waals surface area contributed by atoms with E-state index in [4.69, 9.17) is 33.8 Å². The summed E-state index contributed by atoms with van der Waals surface area (Å²) >= 11 is 0. The van der Waals surface area contributed by atoms with Gasteiger partial charge in [0.15, 0.2) is 28.6 Å². The average molecular weight is 809 g/mol. The topological polar surface area (TPSA) is 95.7 Å². The maximum atomic E-state index is 6.10. The zero-order valence-corrected chi connectivity index (χ0v) is 33.5. The molecule has 0 atom stereocenters. The number of benzene rings is 9. The first kappa shape index (κ1) is 35.0. The number of fused-ring (bicyclic) bond motifs is 7. The number of oxazole rings is 2. The van der Waals surface area contributed by atoms with Crippen molar-refractivity contribution >= 4 is 65.6 Å². The fourth-order valence-corrected chi connectivity index (χ4v) is 8.76. The van der Waals surface area contributed by atoms with Gasteiger partial charge in [-0.05, 0) is 119 Å². The molecule has 0 N–H and O–H groups in total. The van der Waals surface area contributed by atoms with Gasteiger partial charge in [-0.25, -0.2) is 24.9 Å². The first-order valence-electron chi connectivity index (χ1n) is 20.8. The predicted octanol–water partition coefficient (Wildman–Crippen LogP) is 13.9. The van der Waals surface area contributed by atoms with E-state index in [1.807, 2.05) is 66.7 Å². The van der Waals surface area contributed by atoms with Crippen molar-refractivity contribution in [3.8, 4) is 62.8 Å². The molecule has 4 aromatic heterocycles. The highest BCUT2D eigenvalue weighted by atomic mass is 16.4. The Balaban J connectivity index is 0.943. The summed E-state index contributed by atoms with van der Waals surface area (Å²) < 4.78 is 14.5. The SMILES string of the molecule is c1ccc(-n2c3ccccc3c3cc(-c4nc(-c5ccc6cc(-c7nc8ccccc8o7)ccc6c5)nc(-c5ccc6cc(-c7nc8ccccc8o7)ccc6c5)n4)ccc32)cc1. The van der Waals surface area contributed by atoms with Gasteiger partial charge in [-0.3, -0.25) is 0 Å². The van der Waals surface area contributed by atoms with E-state index in [-0.39, 0.29) is 0 Å². The van der Waals surface area contributed by atoms with Gasteiger partial charge in [0.2, 0.25) is 11.8 Å². The van der Waals surface area contributed by atoms with Crippen LogP contribution in [0.15, 0.2) is 203 Å². The quantitative estimate of drug-likeness (QED) is 0.165. The van der Waals surface area contributed by atoms with Gasteiger partial charge in [0, 0.05) is 44.3 Å². The maximum Gasteiger partial charge on any atom is 0.227 e. The second kappa shape index (κ2) is 13.9.